The van der Waals surface area contributed by atoms with Gasteiger partial charge in [-0.25, -0.2) is 0 Å². The van der Waals surface area contributed by atoms with Gasteiger partial charge in [0, 0.05) is 16.1 Å². The Morgan fingerprint density at radius 3 is 2.10 bits per heavy atom. The van der Waals surface area contributed by atoms with E-state index in [1.54, 1.807) is 21.3 Å². The molecule has 2 aromatic rings. The Hall–Kier alpha value is -1.72. The predicted octanol–water partition coefficient (Wildman–Crippen LogP) is 3.52. The van der Waals surface area contributed by atoms with Crippen LogP contribution < -0.4 is 19.9 Å². The molecular formula is C16H18BrNO3. The van der Waals surface area contributed by atoms with Gasteiger partial charge in [0.05, 0.1) is 27.4 Å². The third-order valence-corrected chi connectivity index (χ3v) is 4.04. The topological polar surface area (TPSA) is 53.7 Å². The number of rotatable bonds is 5. The van der Waals surface area contributed by atoms with Crippen molar-refractivity contribution in [3.05, 3.63) is 52.0 Å². The first-order valence-corrected chi connectivity index (χ1v) is 7.21. The van der Waals surface area contributed by atoms with Gasteiger partial charge in [-0.15, -0.1) is 0 Å². The van der Waals surface area contributed by atoms with Gasteiger partial charge < -0.3 is 19.9 Å². The fourth-order valence-corrected chi connectivity index (χ4v) is 2.62. The highest BCUT2D eigenvalue weighted by Crippen LogP contribution is 2.35. The van der Waals surface area contributed by atoms with E-state index in [2.05, 4.69) is 15.9 Å². The van der Waals surface area contributed by atoms with Crippen molar-refractivity contribution >= 4 is 15.9 Å². The summed E-state index contributed by atoms with van der Waals surface area (Å²) < 4.78 is 16.8. The van der Waals surface area contributed by atoms with E-state index in [1.807, 2.05) is 36.4 Å². The minimum atomic E-state index is -0.338. The molecule has 5 heteroatoms. The minimum absolute atomic E-state index is 0.338. The molecule has 0 heterocycles. The number of methoxy groups -OCH3 is 3. The van der Waals surface area contributed by atoms with Crippen molar-refractivity contribution in [2.45, 2.75) is 6.04 Å². The van der Waals surface area contributed by atoms with Crippen LogP contribution in [-0.4, -0.2) is 21.3 Å². The predicted molar refractivity (Wildman–Crippen MR) is 86.3 cm³/mol. The van der Waals surface area contributed by atoms with Gasteiger partial charge in [0.25, 0.3) is 0 Å². The van der Waals surface area contributed by atoms with Crippen LogP contribution in [-0.2, 0) is 0 Å². The van der Waals surface area contributed by atoms with Crippen LogP contribution in [0.1, 0.15) is 17.2 Å². The quantitative estimate of drug-likeness (QED) is 0.895. The first-order valence-electron chi connectivity index (χ1n) is 6.41. The first-order chi connectivity index (χ1) is 10.1. The van der Waals surface area contributed by atoms with Crippen LogP contribution in [0.25, 0.3) is 0 Å². The molecule has 0 saturated heterocycles. The molecule has 2 rings (SSSR count). The maximum Gasteiger partial charge on any atom is 0.127 e. The van der Waals surface area contributed by atoms with Crippen molar-refractivity contribution in [3.8, 4) is 17.2 Å². The van der Waals surface area contributed by atoms with Gasteiger partial charge in [-0.3, -0.25) is 0 Å². The normalized spacial score (nSPS) is 11.9. The van der Waals surface area contributed by atoms with E-state index < -0.39 is 0 Å². The van der Waals surface area contributed by atoms with Gasteiger partial charge in [-0.05, 0) is 35.9 Å². The van der Waals surface area contributed by atoms with Gasteiger partial charge >= 0.3 is 0 Å². The number of hydrogen-bond donors (Lipinski definition) is 1. The molecule has 4 nitrogen and oxygen atoms in total. The van der Waals surface area contributed by atoms with Crippen molar-refractivity contribution in [3.63, 3.8) is 0 Å². The summed E-state index contributed by atoms with van der Waals surface area (Å²) in [7, 11) is 4.87. The van der Waals surface area contributed by atoms with E-state index in [0.717, 1.165) is 27.1 Å². The van der Waals surface area contributed by atoms with Crippen LogP contribution in [0.2, 0.25) is 0 Å². The molecule has 0 amide bonds. The number of hydrogen-bond acceptors (Lipinski definition) is 4. The average molecular weight is 352 g/mol. The molecule has 0 aromatic heterocycles. The van der Waals surface area contributed by atoms with E-state index in [0.29, 0.717) is 5.75 Å². The summed E-state index contributed by atoms with van der Waals surface area (Å²) in [5.41, 5.74) is 8.21. The van der Waals surface area contributed by atoms with Gasteiger partial charge in [0.1, 0.15) is 17.2 Å². The molecule has 1 atom stereocenters. The summed E-state index contributed by atoms with van der Waals surface area (Å²) >= 11 is 3.53. The van der Waals surface area contributed by atoms with Crippen LogP contribution in [0, 0.1) is 0 Å². The van der Waals surface area contributed by atoms with Crippen molar-refractivity contribution in [2.75, 3.05) is 21.3 Å². The summed E-state index contributed by atoms with van der Waals surface area (Å²) in [5, 5.41) is 0. The van der Waals surface area contributed by atoms with E-state index >= 15 is 0 Å². The molecule has 0 aliphatic rings. The molecule has 0 fully saturated rings. The van der Waals surface area contributed by atoms with Crippen LogP contribution >= 0.6 is 15.9 Å². The van der Waals surface area contributed by atoms with Crippen molar-refractivity contribution in [2.24, 2.45) is 5.73 Å². The second kappa shape index (κ2) is 6.83. The lowest BCUT2D eigenvalue weighted by atomic mass is 9.98. The zero-order chi connectivity index (χ0) is 15.4. The highest BCUT2D eigenvalue weighted by molar-refractivity contribution is 9.10. The monoisotopic (exact) mass is 351 g/mol. The largest absolute Gasteiger partial charge is 0.497 e. The maximum atomic E-state index is 6.40. The SMILES string of the molecule is COc1ccc(C(N)c2cc(OC)ccc2Br)c(OC)c1. The molecule has 1 unspecified atom stereocenters. The fourth-order valence-electron chi connectivity index (χ4n) is 2.13. The molecule has 0 saturated carbocycles. The Kier molecular flexibility index (Phi) is 5.09. The Labute approximate surface area is 132 Å². The second-order valence-electron chi connectivity index (χ2n) is 4.47. The van der Waals surface area contributed by atoms with Crippen LogP contribution in [0.15, 0.2) is 40.9 Å². The molecule has 0 radical (unpaired) electrons. The van der Waals surface area contributed by atoms with Crippen LogP contribution in [0.4, 0.5) is 0 Å². The summed E-state index contributed by atoms with van der Waals surface area (Å²) in [4.78, 5) is 0. The minimum Gasteiger partial charge on any atom is -0.497 e. The van der Waals surface area contributed by atoms with E-state index in [9.17, 15) is 0 Å². The Balaban J connectivity index is 2.46. The molecule has 0 aliphatic heterocycles. The lowest BCUT2D eigenvalue weighted by molar-refractivity contribution is 0.389. The zero-order valence-electron chi connectivity index (χ0n) is 12.2. The molecule has 0 bridgehead atoms. The van der Waals surface area contributed by atoms with Gasteiger partial charge in [-0.1, -0.05) is 15.9 Å². The van der Waals surface area contributed by atoms with E-state index in [4.69, 9.17) is 19.9 Å². The number of halogens is 1. The third-order valence-electron chi connectivity index (χ3n) is 3.31. The zero-order valence-corrected chi connectivity index (χ0v) is 13.8. The second-order valence-corrected chi connectivity index (χ2v) is 5.33. The summed E-state index contributed by atoms with van der Waals surface area (Å²) in [6.07, 6.45) is 0. The lowest BCUT2D eigenvalue weighted by Crippen LogP contribution is -2.14. The summed E-state index contributed by atoms with van der Waals surface area (Å²) in [6.45, 7) is 0. The Morgan fingerprint density at radius 2 is 1.48 bits per heavy atom. The van der Waals surface area contributed by atoms with Gasteiger partial charge in [-0.2, -0.15) is 0 Å². The highest BCUT2D eigenvalue weighted by Gasteiger charge is 2.18. The number of ether oxygens (including phenoxy) is 3. The molecule has 2 aromatic carbocycles. The van der Waals surface area contributed by atoms with Crippen LogP contribution in [0.3, 0.4) is 0 Å². The average Bonchev–Trinajstić information content (AvgIpc) is 2.54. The Morgan fingerprint density at radius 1 is 0.857 bits per heavy atom. The summed E-state index contributed by atoms with van der Waals surface area (Å²) in [5.74, 6) is 2.18. The van der Waals surface area contributed by atoms with Gasteiger partial charge in [0.15, 0.2) is 0 Å². The van der Waals surface area contributed by atoms with Crippen molar-refractivity contribution in [1.82, 2.24) is 0 Å². The molecule has 0 aliphatic carbocycles. The fraction of sp³-hybridized carbons (Fsp3) is 0.250. The van der Waals surface area contributed by atoms with Gasteiger partial charge in [0.2, 0.25) is 0 Å². The molecule has 21 heavy (non-hydrogen) atoms. The lowest BCUT2D eigenvalue weighted by Gasteiger charge is -2.18. The van der Waals surface area contributed by atoms with E-state index in [1.165, 1.54) is 0 Å². The van der Waals surface area contributed by atoms with Crippen molar-refractivity contribution in [1.29, 1.82) is 0 Å². The van der Waals surface area contributed by atoms with E-state index in [-0.39, 0.29) is 6.04 Å². The first kappa shape index (κ1) is 15.7. The number of benzene rings is 2. The molecule has 0 spiro atoms. The summed E-state index contributed by atoms with van der Waals surface area (Å²) in [6, 6.07) is 11.0. The number of nitrogens with two attached hydrogens (primary N) is 1. The molecular weight excluding hydrogens is 334 g/mol. The molecule has 2 N–H and O–H groups in total. The highest BCUT2D eigenvalue weighted by atomic mass is 79.9. The van der Waals surface area contributed by atoms with Crippen molar-refractivity contribution < 1.29 is 14.2 Å². The van der Waals surface area contributed by atoms with Crippen LogP contribution in [0.5, 0.6) is 17.2 Å². The third kappa shape index (κ3) is 3.31. The Bertz CT molecular complexity index is 631. The maximum absolute atomic E-state index is 6.40. The smallest absolute Gasteiger partial charge is 0.127 e. The standard InChI is InChI=1S/C16H18BrNO3/c1-19-10-5-7-14(17)13(8-10)16(18)12-6-4-11(20-2)9-15(12)21-3/h4-9,16H,18H2,1-3H3. The molecule has 112 valence electrons.